The summed E-state index contributed by atoms with van der Waals surface area (Å²) in [4.78, 5) is 1.12. The van der Waals surface area contributed by atoms with Gasteiger partial charge in [-0.3, -0.25) is 0 Å². The lowest BCUT2D eigenvalue weighted by Gasteiger charge is -1.96. The van der Waals surface area contributed by atoms with Crippen molar-refractivity contribution in [2.24, 2.45) is 0 Å². The molecular formula is C8H10OS. The van der Waals surface area contributed by atoms with Crippen LogP contribution in [0.2, 0.25) is 0 Å². The van der Waals surface area contributed by atoms with Gasteiger partial charge in [-0.1, -0.05) is 29.5 Å². The third-order valence-corrected chi connectivity index (χ3v) is 1.99. The molecule has 0 aliphatic carbocycles. The van der Waals surface area contributed by atoms with E-state index in [0.717, 1.165) is 4.90 Å². The van der Waals surface area contributed by atoms with Crippen LogP contribution in [0, 0.1) is 6.92 Å². The van der Waals surface area contributed by atoms with E-state index in [2.05, 4.69) is 0 Å². The van der Waals surface area contributed by atoms with E-state index < -0.39 is 0 Å². The molecule has 0 fully saturated rings. The predicted molar refractivity (Wildman–Crippen MR) is 44.1 cm³/mol. The van der Waals surface area contributed by atoms with Gasteiger partial charge < -0.3 is 5.11 Å². The lowest BCUT2D eigenvalue weighted by molar-refractivity contribution is 0.375. The second kappa shape index (κ2) is 3.64. The highest BCUT2D eigenvalue weighted by Gasteiger charge is 1.89. The van der Waals surface area contributed by atoms with Crippen molar-refractivity contribution in [3.63, 3.8) is 0 Å². The Bertz CT molecular complexity index is 193. The molecule has 54 valence electrons. The van der Waals surface area contributed by atoms with Crippen LogP contribution in [0.15, 0.2) is 29.2 Å². The van der Waals surface area contributed by atoms with Gasteiger partial charge in [0.25, 0.3) is 0 Å². The van der Waals surface area contributed by atoms with E-state index in [9.17, 15) is 0 Å². The van der Waals surface area contributed by atoms with Crippen LogP contribution in [0.3, 0.4) is 0 Å². The number of aryl methyl sites for hydroxylation is 1. The predicted octanol–water partition coefficient (Wildman–Crippen LogP) is 2.04. The van der Waals surface area contributed by atoms with Crippen molar-refractivity contribution >= 4 is 11.8 Å². The largest absolute Gasteiger partial charge is 0.385 e. The van der Waals surface area contributed by atoms with E-state index in [-0.39, 0.29) is 5.94 Å². The van der Waals surface area contributed by atoms with Crippen LogP contribution < -0.4 is 0 Å². The number of benzene rings is 1. The summed E-state index contributed by atoms with van der Waals surface area (Å²) in [6, 6.07) is 8.10. The molecule has 0 spiro atoms. The maximum Gasteiger partial charge on any atom is 0.0932 e. The number of aliphatic hydroxyl groups excluding tert-OH is 1. The van der Waals surface area contributed by atoms with Crippen molar-refractivity contribution in [3.8, 4) is 0 Å². The van der Waals surface area contributed by atoms with Gasteiger partial charge in [-0.05, 0) is 19.1 Å². The zero-order valence-electron chi connectivity index (χ0n) is 5.87. The highest BCUT2D eigenvalue weighted by atomic mass is 32.2. The van der Waals surface area contributed by atoms with Crippen molar-refractivity contribution in [1.82, 2.24) is 0 Å². The first-order valence-corrected chi connectivity index (χ1v) is 4.12. The summed E-state index contributed by atoms with van der Waals surface area (Å²) in [5.74, 6) is 0.156. The molecule has 0 bridgehead atoms. The summed E-state index contributed by atoms with van der Waals surface area (Å²) in [6.07, 6.45) is 0. The zero-order chi connectivity index (χ0) is 7.40. The molecular weight excluding hydrogens is 144 g/mol. The van der Waals surface area contributed by atoms with Crippen LogP contribution in [-0.4, -0.2) is 11.0 Å². The molecule has 0 heterocycles. The second-order valence-corrected chi connectivity index (χ2v) is 3.10. The zero-order valence-corrected chi connectivity index (χ0v) is 6.69. The molecule has 2 heteroatoms. The van der Waals surface area contributed by atoms with Gasteiger partial charge in [0.2, 0.25) is 0 Å². The fourth-order valence-electron chi connectivity index (χ4n) is 0.709. The quantitative estimate of drug-likeness (QED) is 0.519. The molecule has 0 saturated heterocycles. The number of hydrogen-bond acceptors (Lipinski definition) is 2. The van der Waals surface area contributed by atoms with Gasteiger partial charge in [0.1, 0.15) is 0 Å². The Morgan fingerprint density at radius 1 is 1.30 bits per heavy atom. The first kappa shape index (κ1) is 7.63. The summed E-state index contributed by atoms with van der Waals surface area (Å²) < 4.78 is 0. The molecule has 1 aromatic rings. The molecule has 0 radical (unpaired) electrons. The van der Waals surface area contributed by atoms with Gasteiger partial charge in [-0.15, -0.1) is 0 Å². The number of rotatable bonds is 2. The van der Waals surface area contributed by atoms with Gasteiger partial charge in [-0.25, -0.2) is 0 Å². The molecule has 0 amide bonds. The van der Waals surface area contributed by atoms with Gasteiger partial charge in [0, 0.05) is 4.90 Å². The molecule has 0 saturated carbocycles. The molecule has 1 rings (SSSR count). The number of hydrogen-bond donors (Lipinski definition) is 1. The Hall–Kier alpha value is -0.470. The summed E-state index contributed by atoms with van der Waals surface area (Å²) in [7, 11) is 0. The average Bonchev–Trinajstić information content (AvgIpc) is 1.95. The van der Waals surface area contributed by atoms with Crippen molar-refractivity contribution in [1.29, 1.82) is 0 Å². The fraction of sp³-hybridized carbons (Fsp3) is 0.250. The van der Waals surface area contributed by atoms with Crippen molar-refractivity contribution < 1.29 is 5.11 Å². The topological polar surface area (TPSA) is 20.2 Å². The lowest BCUT2D eigenvalue weighted by Crippen LogP contribution is -1.75. The highest BCUT2D eigenvalue weighted by molar-refractivity contribution is 7.99. The molecule has 1 N–H and O–H groups in total. The van der Waals surface area contributed by atoms with Crippen LogP contribution in [-0.2, 0) is 0 Å². The van der Waals surface area contributed by atoms with Gasteiger partial charge in [0.05, 0.1) is 5.94 Å². The standard InChI is InChI=1S/C8H10OS/c1-7-2-4-8(5-3-7)10-6-9/h2-5,9H,6H2,1H3. The van der Waals surface area contributed by atoms with Crippen molar-refractivity contribution in [2.75, 3.05) is 5.94 Å². The fourth-order valence-corrected chi connectivity index (χ4v) is 1.19. The summed E-state index contributed by atoms with van der Waals surface area (Å²) in [5, 5.41) is 8.55. The second-order valence-electron chi connectivity index (χ2n) is 2.09. The lowest BCUT2D eigenvalue weighted by atomic mass is 10.2. The number of aliphatic hydroxyl groups is 1. The minimum Gasteiger partial charge on any atom is -0.385 e. The van der Waals surface area contributed by atoms with Crippen LogP contribution in [0.25, 0.3) is 0 Å². The van der Waals surface area contributed by atoms with Crippen LogP contribution in [0.1, 0.15) is 5.56 Å². The maximum atomic E-state index is 8.55. The normalized spacial score (nSPS) is 9.80. The maximum absolute atomic E-state index is 8.55. The SMILES string of the molecule is Cc1ccc(SCO)cc1. The molecule has 0 unspecified atom stereocenters. The Morgan fingerprint density at radius 3 is 2.40 bits per heavy atom. The van der Waals surface area contributed by atoms with Crippen LogP contribution in [0.5, 0.6) is 0 Å². The van der Waals surface area contributed by atoms with Crippen molar-refractivity contribution in [2.45, 2.75) is 11.8 Å². The number of thioether (sulfide) groups is 1. The Kier molecular flexibility index (Phi) is 2.78. The monoisotopic (exact) mass is 154 g/mol. The summed E-state index contributed by atoms with van der Waals surface area (Å²) in [6.45, 7) is 2.05. The summed E-state index contributed by atoms with van der Waals surface area (Å²) in [5.41, 5.74) is 1.25. The molecule has 1 aromatic carbocycles. The molecule has 0 aliphatic rings. The van der Waals surface area contributed by atoms with E-state index in [0.29, 0.717) is 0 Å². The van der Waals surface area contributed by atoms with E-state index in [4.69, 9.17) is 5.11 Å². The third kappa shape index (κ3) is 2.05. The Labute approximate surface area is 65.1 Å². The van der Waals surface area contributed by atoms with E-state index in [1.165, 1.54) is 17.3 Å². The van der Waals surface area contributed by atoms with Gasteiger partial charge in [-0.2, -0.15) is 0 Å². The highest BCUT2D eigenvalue weighted by Crippen LogP contribution is 2.16. The van der Waals surface area contributed by atoms with Crippen LogP contribution >= 0.6 is 11.8 Å². The minimum atomic E-state index is 0.156. The van der Waals surface area contributed by atoms with Gasteiger partial charge >= 0.3 is 0 Å². The summed E-state index contributed by atoms with van der Waals surface area (Å²) >= 11 is 1.44. The van der Waals surface area contributed by atoms with E-state index >= 15 is 0 Å². The molecule has 0 aliphatic heterocycles. The van der Waals surface area contributed by atoms with E-state index in [1.54, 1.807) is 0 Å². The third-order valence-electron chi connectivity index (χ3n) is 1.25. The van der Waals surface area contributed by atoms with Crippen molar-refractivity contribution in [3.05, 3.63) is 29.8 Å². The van der Waals surface area contributed by atoms with E-state index in [1.807, 2.05) is 31.2 Å². The first-order valence-electron chi connectivity index (χ1n) is 3.13. The van der Waals surface area contributed by atoms with Crippen LogP contribution in [0.4, 0.5) is 0 Å². The Morgan fingerprint density at radius 2 is 1.90 bits per heavy atom. The molecule has 10 heavy (non-hydrogen) atoms. The minimum absolute atomic E-state index is 0.156. The average molecular weight is 154 g/mol. The Balaban J connectivity index is 2.69. The first-order chi connectivity index (χ1) is 4.83. The smallest absolute Gasteiger partial charge is 0.0932 e. The molecule has 1 nitrogen and oxygen atoms in total. The molecule has 0 atom stereocenters. The van der Waals surface area contributed by atoms with Gasteiger partial charge in [0.15, 0.2) is 0 Å². The molecule has 0 aromatic heterocycles.